The lowest BCUT2D eigenvalue weighted by atomic mass is 10.2. The van der Waals surface area contributed by atoms with Crippen molar-refractivity contribution in [3.63, 3.8) is 0 Å². The van der Waals surface area contributed by atoms with Crippen LogP contribution in [0.1, 0.15) is 51.9 Å². The molecule has 7 nitrogen and oxygen atoms in total. The maximum Gasteiger partial charge on any atom is 0.272 e. The molecule has 1 fully saturated rings. The number of aryl methyl sites for hydroxylation is 2. The number of nitrogens with one attached hydrogen (secondary N) is 2. The fraction of sp³-hybridized carbons (Fsp3) is 0.333. The van der Waals surface area contributed by atoms with Gasteiger partial charge in [-0.25, -0.2) is 9.67 Å². The van der Waals surface area contributed by atoms with E-state index in [2.05, 4.69) is 25.6 Å². The van der Waals surface area contributed by atoms with Gasteiger partial charge >= 0.3 is 0 Å². The second-order valence-electron chi connectivity index (χ2n) is 6.53. The smallest absolute Gasteiger partial charge is 0.272 e. The number of amides is 1. The number of nitrogens with zero attached hydrogens (tertiary/aromatic N) is 4. The van der Waals surface area contributed by atoms with Crippen LogP contribution >= 0.6 is 0 Å². The number of pyridine rings is 1. The van der Waals surface area contributed by atoms with Gasteiger partial charge in [0.05, 0.1) is 5.69 Å². The molecule has 25 heavy (non-hydrogen) atoms. The molecule has 4 rings (SSSR count). The highest BCUT2D eigenvalue weighted by atomic mass is 16.1. The van der Waals surface area contributed by atoms with E-state index in [4.69, 9.17) is 0 Å². The SMILES string of the molecule is Cc1cc(C)n(-c2ccc(CNC(=O)c3cc(C4CC4)[nH]n3)cn2)n1. The van der Waals surface area contributed by atoms with Crippen molar-refractivity contribution >= 4 is 5.91 Å². The van der Waals surface area contributed by atoms with E-state index in [-0.39, 0.29) is 5.91 Å². The number of carbonyl (C=O) groups excluding carboxylic acids is 1. The fourth-order valence-electron chi connectivity index (χ4n) is 2.84. The molecule has 1 saturated carbocycles. The number of carbonyl (C=O) groups is 1. The van der Waals surface area contributed by atoms with E-state index < -0.39 is 0 Å². The fourth-order valence-corrected chi connectivity index (χ4v) is 2.84. The topological polar surface area (TPSA) is 88.5 Å². The summed E-state index contributed by atoms with van der Waals surface area (Å²) in [4.78, 5) is 16.6. The average molecular weight is 336 g/mol. The van der Waals surface area contributed by atoms with Gasteiger partial charge in [0.15, 0.2) is 5.82 Å². The predicted molar refractivity (Wildman–Crippen MR) is 92.6 cm³/mol. The van der Waals surface area contributed by atoms with Crippen molar-refractivity contribution in [2.75, 3.05) is 0 Å². The molecule has 1 aliphatic carbocycles. The Morgan fingerprint density at radius 3 is 2.80 bits per heavy atom. The molecule has 7 heteroatoms. The van der Waals surface area contributed by atoms with E-state index >= 15 is 0 Å². The monoisotopic (exact) mass is 336 g/mol. The quantitative estimate of drug-likeness (QED) is 0.749. The van der Waals surface area contributed by atoms with E-state index in [0.717, 1.165) is 28.5 Å². The van der Waals surface area contributed by atoms with Gasteiger partial charge in [0.2, 0.25) is 0 Å². The summed E-state index contributed by atoms with van der Waals surface area (Å²) in [5, 5.41) is 14.3. The molecule has 0 aliphatic heterocycles. The van der Waals surface area contributed by atoms with Crippen molar-refractivity contribution in [1.82, 2.24) is 30.3 Å². The lowest BCUT2D eigenvalue weighted by molar-refractivity contribution is 0.0946. The molecule has 0 saturated heterocycles. The first-order valence-corrected chi connectivity index (χ1v) is 8.42. The van der Waals surface area contributed by atoms with Crippen molar-refractivity contribution in [2.24, 2.45) is 0 Å². The lowest BCUT2D eigenvalue weighted by Crippen LogP contribution is -2.23. The maximum absolute atomic E-state index is 12.2. The lowest BCUT2D eigenvalue weighted by Gasteiger charge is -2.06. The first-order valence-electron chi connectivity index (χ1n) is 8.42. The van der Waals surface area contributed by atoms with Crippen molar-refractivity contribution in [3.05, 3.63) is 58.8 Å². The van der Waals surface area contributed by atoms with Crippen LogP contribution in [0.5, 0.6) is 0 Å². The first-order chi connectivity index (χ1) is 12.1. The van der Waals surface area contributed by atoms with Crippen LogP contribution in [0, 0.1) is 13.8 Å². The van der Waals surface area contributed by atoms with Crippen LogP contribution in [-0.2, 0) is 6.54 Å². The molecule has 0 spiro atoms. The van der Waals surface area contributed by atoms with Gasteiger partial charge in [-0.15, -0.1) is 0 Å². The van der Waals surface area contributed by atoms with E-state index in [0.29, 0.717) is 18.2 Å². The summed E-state index contributed by atoms with van der Waals surface area (Å²) < 4.78 is 1.81. The number of aromatic amines is 1. The Morgan fingerprint density at radius 2 is 2.16 bits per heavy atom. The summed E-state index contributed by atoms with van der Waals surface area (Å²) in [6.45, 7) is 4.36. The van der Waals surface area contributed by atoms with Crippen LogP contribution < -0.4 is 5.32 Å². The Balaban J connectivity index is 1.39. The van der Waals surface area contributed by atoms with Crippen LogP contribution in [0.3, 0.4) is 0 Å². The normalized spacial score (nSPS) is 13.8. The van der Waals surface area contributed by atoms with Gasteiger partial charge < -0.3 is 5.32 Å². The van der Waals surface area contributed by atoms with Gasteiger partial charge in [-0.2, -0.15) is 10.2 Å². The molecule has 1 amide bonds. The number of hydrogen-bond donors (Lipinski definition) is 2. The molecule has 0 bridgehead atoms. The molecule has 3 aromatic heterocycles. The summed E-state index contributed by atoms with van der Waals surface area (Å²) in [5.74, 6) is 1.15. The molecular formula is C18H20N6O. The molecule has 0 radical (unpaired) electrons. The average Bonchev–Trinajstić information content (AvgIpc) is 3.24. The molecule has 0 aromatic carbocycles. The highest BCUT2D eigenvalue weighted by molar-refractivity contribution is 5.92. The number of H-pyrrole nitrogens is 1. The number of hydrogen-bond acceptors (Lipinski definition) is 4. The molecule has 0 atom stereocenters. The minimum absolute atomic E-state index is 0.175. The van der Waals surface area contributed by atoms with Crippen LogP contribution in [0.25, 0.3) is 5.82 Å². The molecular weight excluding hydrogens is 316 g/mol. The summed E-state index contributed by atoms with van der Waals surface area (Å²) in [7, 11) is 0. The largest absolute Gasteiger partial charge is 0.347 e. The number of rotatable bonds is 5. The molecule has 1 aliphatic rings. The van der Waals surface area contributed by atoms with Gasteiger partial charge in [-0.05, 0) is 50.5 Å². The summed E-state index contributed by atoms with van der Waals surface area (Å²) in [5.41, 5.74) is 4.42. The minimum Gasteiger partial charge on any atom is -0.347 e. The second-order valence-corrected chi connectivity index (χ2v) is 6.53. The highest BCUT2D eigenvalue weighted by Gasteiger charge is 2.26. The Bertz CT molecular complexity index is 904. The van der Waals surface area contributed by atoms with Crippen molar-refractivity contribution in [1.29, 1.82) is 0 Å². The van der Waals surface area contributed by atoms with E-state index in [1.165, 1.54) is 12.8 Å². The molecule has 2 N–H and O–H groups in total. The predicted octanol–water partition coefficient (Wildman–Crippen LogP) is 2.41. The van der Waals surface area contributed by atoms with Crippen molar-refractivity contribution in [2.45, 2.75) is 39.2 Å². The third kappa shape index (κ3) is 3.31. The van der Waals surface area contributed by atoms with Crippen molar-refractivity contribution < 1.29 is 4.79 Å². The third-order valence-electron chi connectivity index (χ3n) is 4.34. The highest BCUT2D eigenvalue weighted by Crippen LogP contribution is 2.38. The second kappa shape index (κ2) is 6.16. The minimum atomic E-state index is -0.175. The molecule has 3 heterocycles. The van der Waals surface area contributed by atoms with E-state index in [1.54, 1.807) is 10.9 Å². The van der Waals surface area contributed by atoms with Gasteiger partial charge in [0.25, 0.3) is 5.91 Å². The summed E-state index contributed by atoms with van der Waals surface area (Å²) in [6.07, 6.45) is 4.11. The van der Waals surface area contributed by atoms with Gasteiger partial charge in [0, 0.05) is 30.0 Å². The maximum atomic E-state index is 12.2. The zero-order valence-corrected chi connectivity index (χ0v) is 14.3. The summed E-state index contributed by atoms with van der Waals surface area (Å²) >= 11 is 0. The van der Waals surface area contributed by atoms with Crippen LogP contribution in [-0.4, -0.2) is 30.9 Å². The zero-order chi connectivity index (χ0) is 17.4. The third-order valence-corrected chi connectivity index (χ3v) is 4.34. The number of aromatic nitrogens is 5. The van der Waals surface area contributed by atoms with Crippen LogP contribution in [0.4, 0.5) is 0 Å². The standard InChI is InChI=1S/C18H20N6O/c1-11-7-12(2)24(23-11)17-6-3-13(9-19-17)10-20-18(25)16-8-15(21-22-16)14-4-5-14/h3,6-9,14H,4-5,10H2,1-2H3,(H,20,25)(H,21,22). The Morgan fingerprint density at radius 1 is 1.32 bits per heavy atom. The molecule has 128 valence electrons. The van der Waals surface area contributed by atoms with E-state index in [9.17, 15) is 4.79 Å². The molecule has 0 unspecified atom stereocenters. The summed E-state index contributed by atoms with van der Waals surface area (Å²) in [6, 6.07) is 7.70. The zero-order valence-electron chi connectivity index (χ0n) is 14.3. The van der Waals surface area contributed by atoms with Gasteiger partial charge in [0.1, 0.15) is 5.69 Å². The first kappa shape index (κ1) is 15.6. The Kier molecular flexibility index (Phi) is 3.83. The Hall–Kier alpha value is -2.96. The van der Waals surface area contributed by atoms with Crippen LogP contribution in [0.15, 0.2) is 30.5 Å². The van der Waals surface area contributed by atoms with Crippen molar-refractivity contribution in [3.8, 4) is 5.82 Å². The molecule has 3 aromatic rings. The van der Waals surface area contributed by atoms with E-state index in [1.807, 2.05) is 38.1 Å². The van der Waals surface area contributed by atoms with Gasteiger partial charge in [-0.1, -0.05) is 6.07 Å². The van der Waals surface area contributed by atoms with Crippen LogP contribution in [0.2, 0.25) is 0 Å². The van der Waals surface area contributed by atoms with Gasteiger partial charge in [-0.3, -0.25) is 9.89 Å². The Labute approximate surface area is 145 Å².